The third-order valence-corrected chi connectivity index (χ3v) is 3.98. The maximum Gasteiger partial charge on any atom is 0.249 e. The normalized spacial score (nSPS) is 12.0. The number of nitrogens with zero attached hydrogens (tertiary/aromatic N) is 2. The van der Waals surface area contributed by atoms with Gasteiger partial charge in [-0.25, -0.2) is 0 Å². The van der Waals surface area contributed by atoms with Crippen LogP contribution in [-0.4, -0.2) is 28.1 Å². The maximum atomic E-state index is 12.4. The summed E-state index contributed by atoms with van der Waals surface area (Å²) in [5.41, 5.74) is 0.910. The number of aromatic nitrogens is 2. The number of carbonyl (C=O) groups excluding carboxylic acids is 2. The lowest BCUT2D eigenvalue weighted by Gasteiger charge is -2.21. The van der Waals surface area contributed by atoms with Crippen LogP contribution in [0.5, 0.6) is 0 Å². The second-order valence-corrected chi connectivity index (χ2v) is 6.75. The summed E-state index contributed by atoms with van der Waals surface area (Å²) in [6.07, 6.45) is 0.245. The lowest BCUT2D eigenvalue weighted by atomic mass is 10.0. The monoisotopic (exact) mass is 332 g/mol. The number of rotatable bonds is 6. The Morgan fingerprint density at radius 3 is 2.43 bits per heavy atom. The summed E-state index contributed by atoms with van der Waals surface area (Å²) in [7, 11) is 0. The summed E-state index contributed by atoms with van der Waals surface area (Å²) >= 11 is 1.30. The minimum atomic E-state index is -0.615. The topological polar surface area (TPSA) is 84.0 Å². The highest BCUT2D eigenvalue weighted by Crippen LogP contribution is 2.15. The van der Waals surface area contributed by atoms with Crippen LogP contribution in [0.4, 0.5) is 5.13 Å². The molecule has 0 fully saturated rings. The zero-order valence-corrected chi connectivity index (χ0v) is 14.2. The summed E-state index contributed by atoms with van der Waals surface area (Å²) in [4.78, 5) is 24.5. The van der Waals surface area contributed by atoms with Gasteiger partial charge in [0.05, 0.1) is 6.42 Å². The SMILES string of the molecule is Cc1nnc(NC(=O)C(NC(=O)Cc2ccccc2)C(C)C)s1. The van der Waals surface area contributed by atoms with E-state index in [0.717, 1.165) is 10.6 Å². The number of hydrogen-bond acceptors (Lipinski definition) is 5. The van der Waals surface area contributed by atoms with Crippen molar-refractivity contribution in [3.05, 3.63) is 40.9 Å². The predicted molar refractivity (Wildman–Crippen MR) is 90.2 cm³/mol. The number of carbonyl (C=O) groups is 2. The van der Waals surface area contributed by atoms with Crippen molar-refractivity contribution in [1.29, 1.82) is 0 Å². The number of amides is 2. The number of nitrogens with one attached hydrogen (secondary N) is 2. The highest BCUT2D eigenvalue weighted by molar-refractivity contribution is 7.15. The molecule has 1 atom stereocenters. The summed E-state index contributed by atoms with van der Waals surface area (Å²) in [6, 6.07) is 8.81. The average Bonchev–Trinajstić information content (AvgIpc) is 2.90. The third-order valence-electron chi connectivity index (χ3n) is 3.23. The molecule has 1 unspecified atom stereocenters. The molecule has 2 aromatic rings. The Balaban J connectivity index is 1.97. The highest BCUT2D eigenvalue weighted by atomic mass is 32.1. The van der Waals surface area contributed by atoms with Crippen molar-refractivity contribution in [2.24, 2.45) is 5.92 Å². The van der Waals surface area contributed by atoms with E-state index < -0.39 is 6.04 Å². The van der Waals surface area contributed by atoms with Crippen molar-refractivity contribution in [1.82, 2.24) is 15.5 Å². The summed E-state index contributed by atoms with van der Waals surface area (Å²) in [5.74, 6) is -0.500. The van der Waals surface area contributed by atoms with Crippen LogP contribution in [0.15, 0.2) is 30.3 Å². The van der Waals surface area contributed by atoms with E-state index in [1.807, 2.05) is 51.1 Å². The largest absolute Gasteiger partial charge is 0.344 e. The summed E-state index contributed by atoms with van der Waals surface area (Å²) < 4.78 is 0. The third kappa shape index (κ3) is 5.14. The van der Waals surface area contributed by atoms with Gasteiger partial charge in [-0.1, -0.05) is 55.5 Å². The zero-order valence-electron chi connectivity index (χ0n) is 13.4. The first kappa shape index (κ1) is 17.1. The van der Waals surface area contributed by atoms with Gasteiger partial charge in [-0.05, 0) is 18.4 Å². The van der Waals surface area contributed by atoms with Gasteiger partial charge in [0, 0.05) is 0 Å². The molecule has 23 heavy (non-hydrogen) atoms. The number of benzene rings is 1. The fourth-order valence-electron chi connectivity index (χ4n) is 2.07. The van der Waals surface area contributed by atoms with Gasteiger partial charge in [-0.15, -0.1) is 10.2 Å². The molecule has 0 spiro atoms. The van der Waals surface area contributed by atoms with Gasteiger partial charge in [0.25, 0.3) is 0 Å². The Morgan fingerprint density at radius 2 is 1.87 bits per heavy atom. The van der Waals surface area contributed by atoms with Crippen LogP contribution in [-0.2, 0) is 16.0 Å². The molecule has 2 N–H and O–H groups in total. The van der Waals surface area contributed by atoms with Crippen LogP contribution in [0.25, 0.3) is 0 Å². The Kier molecular flexibility index (Phi) is 5.81. The lowest BCUT2D eigenvalue weighted by molar-refractivity contribution is -0.127. The van der Waals surface area contributed by atoms with E-state index in [9.17, 15) is 9.59 Å². The van der Waals surface area contributed by atoms with E-state index in [2.05, 4.69) is 20.8 Å². The van der Waals surface area contributed by atoms with E-state index in [-0.39, 0.29) is 24.2 Å². The molecule has 6 nitrogen and oxygen atoms in total. The van der Waals surface area contributed by atoms with E-state index in [0.29, 0.717) is 5.13 Å². The van der Waals surface area contributed by atoms with E-state index in [1.54, 1.807) is 0 Å². The number of aryl methyl sites for hydroxylation is 1. The predicted octanol–water partition coefficient (Wildman–Crippen LogP) is 2.17. The van der Waals surface area contributed by atoms with Gasteiger partial charge < -0.3 is 5.32 Å². The fraction of sp³-hybridized carbons (Fsp3) is 0.375. The van der Waals surface area contributed by atoms with Crippen molar-refractivity contribution in [2.45, 2.75) is 33.2 Å². The summed E-state index contributed by atoms with van der Waals surface area (Å²) in [5, 5.41) is 14.4. The van der Waals surface area contributed by atoms with Gasteiger partial charge in [0.2, 0.25) is 16.9 Å². The Hall–Kier alpha value is -2.28. The number of hydrogen-bond donors (Lipinski definition) is 2. The molecule has 0 radical (unpaired) electrons. The van der Waals surface area contributed by atoms with E-state index >= 15 is 0 Å². The first-order valence-electron chi connectivity index (χ1n) is 7.40. The molecule has 1 aromatic heterocycles. The molecule has 0 aliphatic rings. The minimum Gasteiger partial charge on any atom is -0.344 e. The second-order valence-electron chi connectivity index (χ2n) is 5.57. The van der Waals surface area contributed by atoms with Crippen LogP contribution < -0.4 is 10.6 Å². The minimum absolute atomic E-state index is 0.0382. The van der Waals surface area contributed by atoms with Crippen LogP contribution in [0, 0.1) is 12.8 Å². The molecule has 0 aliphatic heterocycles. The van der Waals surface area contributed by atoms with Crippen molar-refractivity contribution in [3.63, 3.8) is 0 Å². The first-order valence-corrected chi connectivity index (χ1v) is 8.21. The Labute approximate surface area is 139 Å². The van der Waals surface area contributed by atoms with Crippen molar-refractivity contribution in [2.75, 3.05) is 5.32 Å². The molecular weight excluding hydrogens is 312 g/mol. The van der Waals surface area contributed by atoms with Crippen LogP contribution in [0.3, 0.4) is 0 Å². The van der Waals surface area contributed by atoms with Crippen LogP contribution in [0.2, 0.25) is 0 Å². The molecule has 7 heteroatoms. The molecule has 0 bridgehead atoms. The Morgan fingerprint density at radius 1 is 1.17 bits per heavy atom. The molecule has 2 amide bonds. The summed E-state index contributed by atoms with van der Waals surface area (Å²) in [6.45, 7) is 5.59. The lowest BCUT2D eigenvalue weighted by Crippen LogP contribution is -2.47. The van der Waals surface area contributed by atoms with Crippen LogP contribution >= 0.6 is 11.3 Å². The average molecular weight is 332 g/mol. The van der Waals surface area contributed by atoms with E-state index in [4.69, 9.17) is 0 Å². The van der Waals surface area contributed by atoms with Gasteiger partial charge in [-0.2, -0.15) is 0 Å². The van der Waals surface area contributed by atoms with Gasteiger partial charge in [0.1, 0.15) is 11.0 Å². The van der Waals surface area contributed by atoms with Crippen molar-refractivity contribution in [3.8, 4) is 0 Å². The van der Waals surface area contributed by atoms with Crippen LogP contribution in [0.1, 0.15) is 24.4 Å². The molecule has 1 heterocycles. The zero-order chi connectivity index (χ0) is 16.8. The smallest absolute Gasteiger partial charge is 0.249 e. The molecule has 1 aromatic carbocycles. The quantitative estimate of drug-likeness (QED) is 0.849. The van der Waals surface area contributed by atoms with Crippen molar-refractivity contribution < 1.29 is 9.59 Å². The second kappa shape index (κ2) is 7.82. The van der Waals surface area contributed by atoms with Crippen molar-refractivity contribution >= 4 is 28.3 Å². The highest BCUT2D eigenvalue weighted by Gasteiger charge is 2.25. The van der Waals surface area contributed by atoms with Gasteiger partial charge in [-0.3, -0.25) is 14.9 Å². The first-order chi connectivity index (χ1) is 11.0. The number of anilines is 1. The molecule has 0 aliphatic carbocycles. The molecule has 2 rings (SSSR count). The molecular formula is C16H20N4O2S. The Bertz CT molecular complexity index is 670. The fourth-order valence-corrected chi connectivity index (χ4v) is 2.67. The molecule has 122 valence electrons. The van der Waals surface area contributed by atoms with Gasteiger partial charge in [0.15, 0.2) is 0 Å². The maximum absolute atomic E-state index is 12.4. The van der Waals surface area contributed by atoms with E-state index in [1.165, 1.54) is 11.3 Å². The standard InChI is InChI=1S/C16H20N4O2S/c1-10(2)14(15(22)18-16-20-19-11(3)23-16)17-13(21)9-12-7-5-4-6-8-12/h4-8,10,14H,9H2,1-3H3,(H,17,21)(H,18,20,22). The molecule has 0 saturated carbocycles. The van der Waals surface area contributed by atoms with Gasteiger partial charge >= 0.3 is 0 Å². The molecule has 0 saturated heterocycles.